The lowest BCUT2D eigenvalue weighted by Crippen LogP contribution is -2.24. The van der Waals surface area contributed by atoms with Crippen LogP contribution in [0, 0.1) is 5.82 Å². The number of carbonyl (C=O) groups is 1. The molecule has 0 radical (unpaired) electrons. The van der Waals surface area contributed by atoms with E-state index in [0.717, 1.165) is 18.7 Å². The van der Waals surface area contributed by atoms with Crippen molar-refractivity contribution >= 4 is 35.0 Å². The van der Waals surface area contributed by atoms with Gasteiger partial charge in [0.05, 0.1) is 6.20 Å². The number of rotatable bonds is 5. The van der Waals surface area contributed by atoms with E-state index >= 15 is 0 Å². The standard InChI is InChI=1S/C20H19FN6O2/c21-13-1-3-14(4-2-13)23-16-9-17(24-15-5-6-15)27-19(25-16)12(10-22-27)7-11-8-18(28)26-20(11)29/h1-4,7,9-10,15,18,24,28H,5-6,8H2,(H,23,25)(H,26,29)/b11-7+. The van der Waals surface area contributed by atoms with Gasteiger partial charge in [-0.2, -0.15) is 9.61 Å². The summed E-state index contributed by atoms with van der Waals surface area (Å²) in [5.41, 5.74) is 2.42. The van der Waals surface area contributed by atoms with Crippen molar-refractivity contribution in [3.63, 3.8) is 0 Å². The zero-order chi connectivity index (χ0) is 20.0. The molecule has 8 nitrogen and oxygen atoms in total. The quantitative estimate of drug-likeness (QED) is 0.496. The van der Waals surface area contributed by atoms with Gasteiger partial charge >= 0.3 is 0 Å². The zero-order valence-corrected chi connectivity index (χ0v) is 15.4. The number of aliphatic hydroxyl groups excluding tert-OH is 1. The fraction of sp³-hybridized carbons (Fsp3) is 0.250. The Morgan fingerprint density at radius 2 is 2.07 bits per heavy atom. The van der Waals surface area contributed by atoms with Crippen LogP contribution in [0.25, 0.3) is 11.7 Å². The van der Waals surface area contributed by atoms with E-state index in [1.165, 1.54) is 12.1 Å². The molecule has 1 saturated heterocycles. The van der Waals surface area contributed by atoms with Crippen molar-refractivity contribution in [2.24, 2.45) is 0 Å². The Balaban J connectivity index is 1.55. The Morgan fingerprint density at radius 1 is 1.28 bits per heavy atom. The minimum Gasteiger partial charge on any atom is -0.373 e. The van der Waals surface area contributed by atoms with Crippen LogP contribution in [0.3, 0.4) is 0 Å². The van der Waals surface area contributed by atoms with E-state index in [0.29, 0.717) is 34.3 Å². The summed E-state index contributed by atoms with van der Waals surface area (Å²) in [6.45, 7) is 0. The highest BCUT2D eigenvalue weighted by atomic mass is 19.1. The molecule has 2 aromatic heterocycles. The molecule has 1 aromatic carbocycles. The molecule has 4 N–H and O–H groups in total. The predicted molar refractivity (Wildman–Crippen MR) is 106 cm³/mol. The molecule has 29 heavy (non-hydrogen) atoms. The average Bonchev–Trinajstić information content (AvgIpc) is 3.33. The van der Waals surface area contributed by atoms with Crippen LogP contribution in [0.5, 0.6) is 0 Å². The van der Waals surface area contributed by atoms with E-state index in [-0.39, 0.29) is 18.1 Å². The Labute approximate surface area is 165 Å². The second kappa shape index (κ2) is 6.85. The smallest absolute Gasteiger partial charge is 0.249 e. The molecule has 1 amide bonds. The zero-order valence-electron chi connectivity index (χ0n) is 15.4. The monoisotopic (exact) mass is 394 g/mol. The summed E-state index contributed by atoms with van der Waals surface area (Å²) in [4.78, 5) is 16.6. The fourth-order valence-electron chi connectivity index (χ4n) is 3.27. The van der Waals surface area contributed by atoms with Gasteiger partial charge in [0.1, 0.15) is 23.7 Å². The van der Waals surface area contributed by atoms with Crippen molar-refractivity contribution < 1.29 is 14.3 Å². The normalized spacial score (nSPS) is 20.3. The summed E-state index contributed by atoms with van der Waals surface area (Å²) in [5.74, 6) is 0.747. The summed E-state index contributed by atoms with van der Waals surface area (Å²) < 4.78 is 14.9. The number of carbonyl (C=O) groups excluding carboxylic acids is 1. The predicted octanol–water partition coefficient (Wildman–Crippen LogP) is 2.41. The van der Waals surface area contributed by atoms with Crippen molar-refractivity contribution in [3.8, 4) is 0 Å². The molecule has 1 unspecified atom stereocenters. The van der Waals surface area contributed by atoms with Crippen molar-refractivity contribution in [2.45, 2.75) is 31.5 Å². The van der Waals surface area contributed by atoms with Crippen molar-refractivity contribution in [1.29, 1.82) is 0 Å². The third-order valence-electron chi connectivity index (χ3n) is 4.88. The summed E-state index contributed by atoms with van der Waals surface area (Å²) in [7, 11) is 0. The number of hydrogen-bond donors (Lipinski definition) is 4. The highest BCUT2D eigenvalue weighted by molar-refractivity contribution is 6.00. The summed E-state index contributed by atoms with van der Waals surface area (Å²) in [6, 6.07) is 8.29. The van der Waals surface area contributed by atoms with Crippen molar-refractivity contribution in [1.82, 2.24) is 19.9 Å². The van der Waals surface area contributed by atoms with Crippen LogP contribution in [-0.4, -0.2) is 37.9 Å². The van der Waals surface area contributed by atoms with E-state index in [9.17, 15) is 14.3 Å². The van der Waals surface area contributed by atoms with Gasteiger partial charge in [-0.25, -0.2) is 9.37 Å². The van der Waals surface area contributed by atoms with E-state index < -0.39 is 6.23 Å². The number of anilines is 3. The second-order valence-corrected chi connectivity index (χ2v) is 7.28. The van der Waals surface area contributed by atoms with E-state index in [1.807, 2.05) is 6.07 Å². The summed E-state index contributed by atoms with van der Waals surface area (Å²) in [6.07, 6.45) is 4.90. The maximum Gasteiger partial charge on any atom is 0.249 e. The molecule has 1 aliphatic heterocycles. The van der Waals surface area contributed by atoms with Gasteiger partial charge in [0, 0.05) is 35.4 Å². The topological polar surface area (TPSA) is 104 Å². The first-order valence-corrected chi connectivity index (χ1v) is 9.42. The van der Waals surface area contributed by atoms with Crippen LogP contribution in [-0.2, 0) is 4.79 Å². The van der Waals surface area contributed by atoms with Gasteiger partial charge in [-0.15, -0.1) is 0 Å². The first-order valence-electron chi connectivity index (χ1n) is 9.42. The minimum atomic E-state index is -0.869. The SMILES string of the molecule is O=C1NC(O)C/C1=C\c1cnn2c(NC3CC3)cc(Nc3ccc(F)cc3)nc12. The van der Waals surface area contributed by atoms with Crippen molar-refractivity contribution in [2.75, 3.05) is 10.6 Å². The molecular formula is C20H19FN6O2. The number of amides is 1. The lowest BCUT2D eigenvalue weighted by atomic mass is 10.1. The van der Waals surface area contributed by atoms with Crippen LogP contribution < -0.4 is 16.0 Å². The van der Waals surface area contributed by atoms with E-state index in [2.05, 4.69) is 26.0 Å². The number of aliphatic hydroxyl groups is 1. The van der Waals surface area contributed by atoms with Gasteiger partial charge in [0.15, 0.2) is 5.65 Å². The van der Waals surface area contributed by atoms with E-state index in [4.69, 9.17) is 0 Å². The van der Waals surface area contributed by atoms with Crippen LogP contribution in [0.1, 0.15) is 24.8 Å². The first kappa shape index (κ1) is 17.6. The molecule has 3 aromatic rings. The molecule has 2 fully saturated rings. The second-order valence-electron chi connectivity index (χ2n) is 7.28. The molecule has 0 spiro atoms. The molecule has 1 aliphatic carbocycles. The van der Waals surface area contributed by atoms with Crippen LogP contribution in [0.15, 0.2) is 42.1 Å². The number of aromatic nitrogens is 3. The fourth-order valence-corrected chi connectivity index (χ4v) is 3.27. The average molecular weight is 394 g/mol. The molecule has 2 aliphatic rings. The Morgan fingerprint density at radius 3 is 2.76 bits per heavy atom. The maximum absolute atomic E-state index is 13.2. The van der Waals surface area contributed by atoms with E-state index in [1.54, 1.807) is 28.9 Å². The van der Waals surface area contributed by atoms with Gasteiger partial charge in [-0.1, -0.05) is 0 Å². The van der Waals surface area contributed by atoms with Gasteiger partial charge in [0.2, 0.25) is 5.91 Å². The molecule has 1 saturated carbocycles. The molecule has 148 valence electrons. The lowest BCUT2D eigenvalue weighted by molar-refractivity contribution is -0.117. The molecule has 5 rings (SSSR count). The first-order chi connectivity index (χ1) is 14.0. The van der Waals surface area contributed by atoms with Gasteiger partial charge < -0.3 is 21.1 Å². The lowest BCUT2D eigenvalue weighted by Gasteiger charge is -2.11. The van der Waals surface area contributed by atoms with Gasteiger partial charge in [-0.3, -0.25) is 4.79 Å². The molecule has 3 heterocycles. The number of nitrogens with zero attached hydrogens (tertiary/aromatic N) is 3. The van der Waals surface area contributed by atoms with Crippen molar-refractivity contribution in [3.05, 3.63) is 53.5 Å². The highest BCUT2D eigenvalue weighted by Crippen LogP contribution is 2.29. The Kier molecular flexibility index (Phi) is 4.17. The number of benzene rings is 1. The molecular weight excluding hydrogens is 375 g/mol. The number of nitrogens with one attached hydrogen (secondary N) is 3. The van der Waals surface area contributed by atoms with Gasteiger partial charge in [-0.05, 0) is 43.2 Å². The maximum atomic E-state index is 13.2. The molecule has 0 bridgehead atoms. The van der Waals surface area contributed by atoms with Gasteiger partial charge in [0.25, 0.3) is 0 Å². The van der Waals surface area contributed by atoms with Crippen LogP contribution >= 0.6 is 0 Å². The Hall–Kier alpha value is -3.46. The largest absolute Gasteiger partial charge is 0.373 e. The number of halogens is 1. The van der Waals surface area contributed by atoms with Crippen LogP contribution in [0.2, 0.25) is 0 Å². The third-order valence-corrected chi connectivity index (χ3v) is 4.88. The minimum absolute atomic E-state index is 0.233. The summed E-state index contributed by atoms with van der Waals surface area (Å²) in [5, 5.41) is 23.1. The molecule has 1 atom stereocenters. The van der Waals surface area contributed by atoms with Crippen LogP contribution in [0.4, 0.5) is 21.7 Å². The third kappa shape index (κ3) is 3.64. The summed E-state index contributed by atoms with van der Waals surface area (Å²) >= 11 is 0. The number of fused-ring (bicyclic) bond motifs is 1. The molecule has 9 heteroatoms. The highest BCUT2D eigenvalue weighted by Gasteiger charge is 2.26. The number of hydrogen-bond acceptors (Lipinski definition) is 6. The Bertz CT molecular complexity index is 1120.